The molecule has 0 saturated carbocycles. The molecule has 1 rings (SSSR count). The molecule has 2 nitrogen and oxygen atoms in total. The molecule has 0 fully saturated rings. The van der Waals surface area contributed by atoms with E-state index in [1.54, 1.807) is 0 Å². The summed E-state index contributed by atoms with van der Waals surface area (Å²) in [6, 6.07) is 4.28. The van der Waals surface area contributed by atoms with E-state index < -0.39 is 6.61 Å². The topological polar surface area (TPSA) is 26.3 Å². The van der Waals surface area contributed by atoms with Crippen molar-refractivity contribution in [3.63, 3.8) is 0 Å². The monoisotopic (exact) mass is 326 g/mol. The molecule has 0 radical (unpaired) electrons. The maximum absolute atomic E-state index is 12.1. The summed E-state index contributed by atoms with van der Waals surface area (Å²) in [7, 11) is 0. The third-order valence-electron chi connectivity index (χ3n) is 2.06. The van der Waals surface area contributed by atoms with Gasteiger partial charge in [-0.15, -0.1) is 11.6 Å². The van der Waals surface area contributed by atoms with Crippen LogP contribution in [0.4, 0.5) is 8.78 Å². The molecule has 0 bridgehead atoms. The fourth-order valence-corrected chi connectivity index (χ4v) is 1.87. The number of carbonyl (C=O) groups excluding carboxylic acids is 1. The molecule has 0 atom stereocenters. The summed E-state index contributed by atoms with van der Waals surface area (Å²) in [5.74, 6) is -0.0560. The third kappa shape index (κ3) is 4.24. The molecule has 0 N–H and O–H groups in total. The van der Waals surface area contributed by atoms with Gasteiger partial charge < -0.3 is 4.74 Å². The second-order valence-corrected chi connectivity index (χ2v) is 4.26. The molecule has 6 heteroatoms. The van der Waals surface area contributed by atoms with Crippen LogP contribution in [0.25, 0.3) is 0 Å². The van der Waals surface area contributed by atoms with Crippen LogP contribution < -0.4 is 4.74 Å². The van der Waals surface area contributed by atoms with E-state index in [0.717, 1.165) is 0 Å². The highest BCUT2D eigenvalue weighted by atomic mass is 79.9. The maximum atomic E-state index is 12.1. The van der Waals surface area contributed by atoms with E-state index >= 15 is 0 Å². The van der Waals surface area contributed by atoms with Crippen molar-refractivity contribution in [2.75, 3.05) is 5.33 Å². The molecule has 0 heterocycles. The first-order valence-electron chi connectivity index (χ1n) is 4.81. The molecule has 94 valence electrons. The van der Waals surface area contributed by atoms with E-state index in [1.807, 2.05) is 0 Å². The average molecular weight is 328 g/mol. The Morgan fingerprint density at radius 1 is 1.47 bits per heavy atom. The molecule has 0 aliphatic rings. The van der Waals surface area contributed by atoms with Gasteiger partial charge in [-0.1, -0.05) is 15.9 Å². The van der Waals surface area contributed by atoms with Gasteiger partial charge in [0.05, 0.1) is 5.88 Å². The standard InChI is InChI=1S/C11H10BrClF2O2/c12-4-3-9(16)7-1-2-10(17-11(14)15)8(5-7)6-13/h1-2,5,11H,3-4,6H2. The molecule has 0 unspecified atom stereocenters. The van der Waals surface area contributed by atoms with Gasteiger partial charge in [0.15, 0.2) is 5.78 Å². The van der Waals surface area contributed by atoms with E-state index in [2.05, 4.69) is 20.7 Å². The Morgan fingerprint density at radius 3 is 2.71 bits per heavy atom. The summed E-state index contributed by atoms with van der Waals surface area (Å²) >= 11 is 8.78. The van der Waals surface area contributed by atoms with Crippen LogP contribution in [0.3, 0.4) is 0 Å². The van der Waals surface area contributed by atoms with Gasteiger partial charge in [0.25, 0.3) is 0 Å². The second kappa shape index (κ2) is 6.91. The summed E-state index contributed by atoms with van der Waals surface area (Å²) in [6.07, 6.45) is 0.344. The summed E-state index contributed by atoms with van der Waals surface area (Å²) in [6.45, 7) is -2.90. The number of ether oxygens (including phenoxy) is 1. The Kier molecular flexibility index (Phi) is 5.85. The van der Waals surface area contributed by atoms with Crippen molar-refractivity contribution >= 4 is 33.3 Å². The summed E-state index contributed by atoms with van der Waals surface area (Å²) in [5, 5.41) is 0.553. The van der Waals surface area contributed by atoms with Gasteiger partial charge in [0, 0.05) is 22.9 Å². The molecule has 0 spiro atoms. The third-order valence-corrected chi connectivity index (χ3v) is 2.75. The van der Waals surface area contributed by atoms with E-state index in [9.17, 15) is 13.6 Å². The zero-order chi connectivity index (χ0) is 12.8. The molecule has 0 aromatic heterocycles. The largest absolute Gasteiger partial charge is 0.435 e. The molecular formula is C11H10BrClF2O2. The highest BCUT2D eigenvalue weighted by Crippen LogP contribution is 2.24. The van der Waals surface area contributed by atoms with Crippen LogP contribution in [0.15, 0.2) is 18.2 Å². The number of Topliss-reactive ketones (excluding diaryl/α,β-unsaturated/α-hetero) is 1. The van der Waals surface area contributed by atoms with Gasteiger partial charge in [-0.3, -0.25) is 4.79 Å². The number of carbonyl (C=O) groups is 1. The molecule has 0 saturated heterocycles. The predicted octanol–water partition coefficient (Wildman–Crippen LogP) is 3.99. The van der Waals surface area contributed by atoms with Crippen LogP contribution in [0.5, 0.6) is 5.75 Å². The Bertz CT molecular complexity index is 399. The lowest BCUT2D eigenvalue weighted by molar-refractivity contribution is -0.0503. The molecule has 0 aliphatic heterocycles. The number of benzene rings is 1. The molecule has 17 heavy (non-hydrogen) atoms. The Labute approximate surface area is 111 Å². The summed E-state index contributed by atoms with van der Waals surface area (Å²) < 4.78 is 28.4. The van der Waals surface area contributed by atoms with Crippen LogP contribution in [-0.2, 0) is 5.88 Å². The van der Waals surface area contributed by atoms with E-state index in [1.165, 1.54) is 18.2 Å². The fourth-order valence-electron chi connectivity index (χ4n) is 1.30. The smallest absolute Gasteiger partial charge is 0.387 e. The van der Waals surface area contributed by atoms with Crippen molar-refractivity contribution in [1.29, 1.82) is 0 Å². The Morgan fingerprint density at radius 2 is 2.18 bits per heavy atom. The normalized spacial score (nSPS) is 10.6. The lowest BCUT2D eigenvalue weighted by Crippen LogP contribution is -2.06. The van der Waals surface area contributed by atoms with Gasteiger partial charge in [0.1, 0.15) is 5.75 Å². The highest BCUT2D eigenvalue weighted by Gasteiger charge is 2.12. The minimum atomic E-state index is -2.90. The molecule has 0 aliphatic carbocycles. The lowest BCUT2D eigenvalue weighted by Gasteiger charge is -2.10. The van der Waals surface area contributed by atoms with Crippen LogP contribution in [0.2, 0.25) is 0 Å². The van der Waals surface area contributed by atoms with Crippen LogP contribution in [-0.4, -0.2) is 17.7 Å². The number of hydrogen-bond acceptors (Lipinski definition) is 2. The molecule has 0 amide bonds. The molecular weight excluding hydrogens is 317 g/mol. The fraction of sp³-hybridized carbons (Fsp3) is 0.364. The Hall–Kier alpha value is -0.680. The summed E-state index contributed by atoms with van der Waals surface area (Å²) in [4.78, 5) is 11.6. The number of rotatable bonds is 6. The number of alkyl halides is 4. The first-order chi connectivity index (χ1) is 8.08. The predicted molar refractivity (Wildman–Crippen MR) is 65.4 cm³/mol. The average Bonchev–Trinajstić information content (AvgIpc) is 2.29. The Balaban J connectivity index is 2.95. The van der Waals surface area contributed by atoms with Crippen molar-refractivity contribution in [2.45, 2.75) is 18.9 Å². The van der Waals surface area contributed by atoms with E-state index in [4.69, 9.17) is 11.6 Å². The molecule has 1 aromatic rings. The van der Waals surface area contributed by atoms with Gasteiger partial charge in [-0.25, -0.2) is 0 Å². The van der Waals surface area contributed by atoms with Gasteiger partial charge >= 0.3 is 6.61 Å². The first kappa shape index (κ1) is 14.4. The van der Waals surface area contributed by atoms with Crippen LogP contribution in [0, 0.1) is 0 Å². The van der Waals surface area contributed by atoms with E-state index in [0.29, 0.717) is 22.9 Å². The van der Waals surface area contributed by atoms with Gasteiger partial charge in [-0.2, -0.15) is 8.78 Å². The van der Waals surface area contributed by atoms with Crippen molar-refractivity contribution < 1.29 is 18.3 Å². The van der Waals surface area contributed by atoms with Crippen molar-refractivity contribution in [2.24, 2.45) is 0 Å². The maximum Gasteiger partial charge on any atom is 0.387 e. The summed E-state index contributed by atoms with van der Waals surface area (Å²) in [5.41, 5.74) is 0.828. The van der Waals surface area contributed by atoms with Crippen molar-refractivity contribution in [3.8, 4) is 5.75 Å². The quantitative estimate of drug-likeness (QED) is 0.583. The minimum Gasteiger partial charge on any atom is -0.435 e. The minimum absolute atomic E-state index is 0.00499. The lowest BCUT2D eigenvalue weighted by atomic mass is 10.1. The van der Waals surface area contributed by atoms with Gasteiger partial charge in [0.2, 0.25) is 0 Å². The first-order valence-corrected chi connectivity index (χ1v) is 6.47. The van der Waals surface area contributed by atoms with Gasteiger partial charge in [-0.05, 0) is 18.2 Å². The van der Waals surface area contributed by atoms with Crippen LogP contribution >= 0.6 is 27.5 Å². The number of ketones is 1. The van der Waals surface area contributed by atoms with E-state index in [-0.39, 0.29) is 17.4 Å². The van der Waals surface area contributed by atoms with Crippen molar-refractivity contribution in [3.05, 3.63) is 29.3 Å². The van der Waals surface area contributed by atoms with Crippen LogP contribution in [0.1, 0.15) is 22.3 Å². The zero-order valence-corrected chi connectivity index (χ0v) is 11.1. The zero-order valence-electron chi connectivity index (χ0n) is 8.76. The SMILES string of the molecule is O=C(CCBr)c1ccc(OC(F)F)c(CCl)c1. The molecule has 1 aromatic carbocycles. The second-order valence-electron chi connectivity index (χ2n) is 3.20. The number of hydrogen-bond donors (Lipinski definition) is 0. The highest BCUT2D eigenvalue weighted by molar-refractivity contribution is 9.09. The number of halogens is 4. The van der Waals surface area contributed by atoms with Crippen molar-refractivity contribution in [1.82, 2.24) is 0 Å².